The maximum absolute atomic E-state index is 10.4. The Morgan fingerprint density at radius 1 is 0.800 bits per heavy atom. The lowest BCUT2D eigenvalue weighted by Crippen LogP contribution is -1.91. The van der Waals surface area contributed by atoms with Crippen molar-refractivity contribution in [1.82, 2.24) is 0 Å². The number of rotatable bonds is 14. The molecule has 1 aliphatic rings. The summed E-state index contributed by atoms with van der Waals surface area (Å²) in [5, 5.41) is 8.52. The molecule has 1 rings (SSSR count). The van der Waals surface area contributed by atoms with Crippen molar-refractivity contribution in [3.05, 3.63) is 60.8 Å². The quantitative estimate of drug-likeness (QED) is 0.322. The first-order chi connectivity index (χ1) is 12.2. The highest BCUT2D eigenvalue weighted by Crippen LogP contribution is 2.29. The van der Waals surface area contributed by atoms with Gasteiger partial charge in [-0.25, -0.2) is 0 Å². The van der Waals surface area contributed by atoms with Crippen molar-refractivity contribution in [2.75, 3.05) is 0 Å². The molecule has 0 amide bonds. The zero-order valence-corrected chi connectivity index (χ0v) is 15.3. The van der Waals surface area contributed by atoms with Crippen LogP contribution >= 0.6 is 0 Å². The predicted molar refractivity (Wildman–Crippen MR) is 105 cm³/mol. The smallest absolute Gasteiger partial charge is 0.303 e. The molecule has 0 aromatic rings. The summed E-state index contributed by atoms with van der Waals surface area (Å²) in [7, 11) is 0. The number of aliphatic carboxylic acids is 1. The molecule has 25 heavy (non-hydrogen) atoms. The minimum atomic E-state index is -0.744. The Morgan fingerprint density at radius 3 is 1.80 bits per heavy atom. The number of carbonyl (C=O) groups is 1. The second kappa shape index (κ2) is 14.5. The molecule has 138 valence electrons. The van der Waals surface area contributed by atoms with Gasteiger partial charge in [0.2, 0.25) is 0 Å². The number of ether oxygens (including phenoxy) is 1. The maximum atomic E-state index is 10.4. The van der Waals surface area contributed by atoms with Gasteiger partial charge < -0.3 is 9.84 Å². The van der Waals surface area contributed by atoms with Gasteiger partial charge in [-0.2, -0.15) is 0 Å². The van der Waals surface area contributed by atoms with Crippen LogP contribution in [0.15, 0.2) is 60.8 Å². The number of epoxide rings is 1. The van der Waals surface area contributed by atoms with Gasteiger partial charge in [0.15, 0.2) is 0 Å². The second-order valence-corrected chi connectivity index (χ2v) is 6.09. The van der Waals surface area contributed by atoms with E-state index in [-0.39, 0.29) is 6.42 Å². The van der Waals surface area contributed by atoms with E-state index < -0.39 is 5.97 Å². The molecule has 3 heteroatoms. The molecular formula is C22H32O3. The van der Waals surface area contributed by atoms with Crippen LogP contribution in [0, 0.1) is 0 Å². The fraction of sp³-hybridized carbons (Fsp3) is 0.500. The molecule has 0 saturated carbocycles. The van der Waals surface area contributed by atoms with Crippen molar-refractivity contribution in [2.45, 2.75) is 70.5 Å². The summed E-state index contributed by atoms with van der Waals surface area (Å²) in [5.41, 5.74) is 0. The van der Waals surface area contributed by atoms with Gasteiger partial charge in [-0.1, -0.05) is 67.7 Å². The molecular weight excluding hydrogens is 312 g/mol. The van der Waals surface area contributed by atoms with Crippen LogP contribution in [0.2, 0.25) is 0 Å². The van der Waals surface area contributed by atoms with E-state index in [0.29, 0.717) is 18.6 Å². The highest BCUT2D eigenvalue weighted by molar-refractivity contribution is 5.66. The highest BCUT2D eigenvalue weighted by Gasteiger charge is 2.35. The Labute approximate surface area is 152 Å². The van der Waals surface area contributed by atoms with E-state index in [0.717, 1.165) is 38.5 Å². The third-order valence-corrected chi connectivity index (χ3v) is 3.83. The van der Waals surface area contributed by atoms with E-state index in [1.807, 2.05) is 12.2 Å². The van der Waals surface area contributed by atoms with E-state index in [1.54, 1.807) is 0 Å². The van der Waals surface area contributed by atoms with Gasteiger partial charge in [0.1, 0.15) is 0 Å². The van der Waals surface area contributed by atoms with Crippen molar-refractivity contribution in [1.29, 1.82) is 0 Å². The average Bonchev–Trinajstić information content (AvgIpc) is 3.34. The number of carboxylic acids is 1. The van der Waals surface area contributed by atoms with Gasteiger partial charge in [0.05, 0.1) is 12.2 Å². The largest absolute Gasteiger partial charge is 0.481 e. The van der Waals surface area contributed by atoms with Gasteiger partial charge in [0.25, 0.3) is 0 Å². The van der Waals surface area contributed by atoms with Gasteiger partial charge in [-0.3, -0.25) is 4.79 Å². The van der Waals surface area contributed by atoms with Crippen LogP contribution in [0.5, 0.6) is 0 Å². The summed E-state index contributed by atoms with van der Waals surface area (Å²) in [6, 6.07) is 0. The van der Waals surface area contributed by atoms with Crippen LogP contribution in [0.25, 0.3) is 0 Å². The normalized spacial score (nSPS) is 20.8. The van der Waals surface area contributed by atoms with E-state index in [2.05, 4.69) is 55.5 Å². The summed E-state index contributed by atoms with van der Waals surface area (Å²) >= 11 is 0. The van der Waals surface area contributed by atoms with Crippen LogP contribution in [0.3, 0.4) is 0 Å². The van der Waals surface area contributed by atoms with Crippen molar-refractivity contribution in [3.63, 3.8) is 0 Å². The summed E-state index contributed by atoms with van der Waals surface area (Å²) in [5.74, 6) is -0.744. The zero-order chi connectivity index (χ0) is 18.2. The van der Waals surface area contributed by atoms with Gasteiger partial charge >= 0.3 is 5.97 Å². The lowest BCUT2D eigenvalue weighted by atomic mass is 10.1. The van der Waals surface area contributed by atoms with Crippen LogP contribution < -0.4 is 0 Å². The molecule has 0 aromatic carbocycles. The average molecular weight is 344 g/mol. The van der Waals surface area contributed by atoms with Crippen LogP contribution in [0.4, 0.5) is 0 Å². The van der Waals surface area contributed by atoms with Gasteiger partial charge in [-0.15, -0.1) is 0 Å². The molecule has 1 heterocycles. The number of hydrogen-bond acceptors (Lipinski definition) is 2. The lowest BCUT2D eigenvalue weighted by Gasteiger charge is -1.88. The van der Waals surface area contributed by atoms with Crippen LogP contribution in [0.1, 0.15) is 58.3 Å². The summed E-state index contributed by atoms with van der Waals surface area (Å²) in [6.45, 7) is 2.15. The van der Waals surface area contributed by atoms with E-state index in [9.17, 15) is 4.79 Å². The Bertz CT molecular complexity index is 497. The van der Waals surface area contributed by atoms with Crippen LogP contribution in [-0.2, 0) is 9.53 Å². The third-order valence-electron chi connectivity index (χ3n) is 3.83. The molecule has 1 saturated heterocycles. The van der Waals surface area contributed by atoms with Gasteiger partial charge in [-0.05, 0) is 44.9 Å². The van der Waals surface area contributed by atoms with Crippen LogP contribution in [-0.4, -0.2) is 23.3 Å². The number of carboxylic acid groups (broad SMARTS) is 1. The van der Waals surface area contributed by atoms with Crippen molar-refractivity contribution >= 4 is 5.97 Å². The lowest BCUT2D eigenvalue weighted by molar-refractivity contribution is -0.136. The molecule has 1 N–H and O–H groups in total. The highest BCUT2D eigenvalue weighted by atomic mass is 16.6. The minimum Gasteiger partial charge on any atom is -0.481 e. The molecule has 0 aliphatic carbocycles. The predicted octanol–water partition coefficient (Wildman–Crippen LogP) is 5.76. The fourth-order valence-corrected chi connectivity index (χ4v) is 2.36. The van der Waals surface area contributed by atoms with Crippen molar-refractivity contribution in [3.8, 4) is 0 Å². The second-order valence-electron chi connectivity index (χ2n) is 6.09. The summed E-state index contributed by atoms with van der Waals surface area (Å²) in [6.07, 6.45) is 28.9. The first kappa shape index (κ1) is 21.2. The van der Waals surface area contributed by atoms with Gasteiger partial charge in [0, 0.05) is 6.42 Å². The third kappa shape index (κ3) is 13.1. The van der Waals surface area contributed by atoms with E-state index in [4.69, 9.17) is 9.84 Å². The molecule has 0 spiro atoms. The Hall–Kier alpha value is -1.87. The Kier molecular flexibility index (Phi) is 12.3. The maximum Gasteiger partial charge on any atom is 0.303 e. The molecule has 1 fully saturated rings. The Morgan fingerprint density at radius 2 is 1.28 bits per heavy atom. The molecule has 1 aliphatic heterocycles. The molecule has 0 bridgehead atoms. The molecule has 2 atom stereocenters. The molecule has 2 unspecified atom stereocenters. The molecule has 0 radical (unpaired) electrons. The topological polar surface area (TPSA) is 49.8 Å². The fourth-order valence-electron chi connectivity index (χ4n) is 2.36. The molecule has 3 nitrogen and oxygen atoms in total. The summed E-state index contributed by atoms with van der Waals surface area (Å²) < 4.78 is 5.65. The minimum absolute atomic E-state index is 0.205. The van der Waals surface area contributed by atoms with Crippen molar-refractivity contribution < 1.29 is 14.6 Å². The van der Waals surface area contributed by atoms with E-state index >= 15 is 0 Å². The number of allylic oxidation sites excluding steroid dienone is 8. The zero-order valence-electron chi connectivity index (χ0n) is 15.3. The van der Waals surface area contributed by atoms with Crippen molar-refractivity contribution in [2.24, 2.45) is 0 Å². The first-order valence-electron chi connectivity index (χ1n) is 9.36. The SMILES string of the molecule is CC/C=C\C/C=C\C/C=C\CC1OC1C/C=C\C/C=C\CCC(=O)O. The summed E-state index contributed by atoms with van der Waals surface area (Å²) in [4.78, 5) is 10.4. The first-order valence-corrected chi connectivity index (χ1v) is 9.36. The van der Waals surface area contributed by atoms with E-state index in [1.165, 1.54) is 0 Å². The monoisotopic (exact) mass is 344 g/mol. The molecule has 0 aromatic heterocycles. The Balaban J connectivity index is 1.97. The standard InChI is InChI=1S/C22H32O3/c1-2-3-4-5-6-7-8-11-14-17-20-21(25-20)18-15-12-9-10-13-16-19-22(23)24/h3-4,6-7,10-15,20-21H,2,5,8-9,16-19H2,1H3,(H,23,24)/b4-3-,7-6-,13-10-,14-11-,15-12-. The number of hydrogen-bond donors (Lipinski definition) is 1.